The highest BCUT2D eigenvalue weighted by atomic mass is 16.5. The molecule has 172 valence electrons. The lowest BCUT2D eigenvalue weighted by Crippen LogP contribution is -2.27. The maximum atomic E-state index is 12.8. The van der Waals surface area contributed by atoms with Crippen molar-refractivity contribution in [1.29, 1.82) is 0 Å². The summed E-state index contributed by atoms with van der Waals surface area (Å²) in [7, 11) is 1.60. The van der Waals surface area contributed by atoms with E-state index in [1.807, 2.05) is 44.2 Å². The van der Waals surface area contributed by atoms with Crippen molar-refractivity contribution in [3.8, 4) is 5.75 Å². The number of hydrogen-bond acceptors (Lipinski definition) is 5. The SMILES string of the molecule is COc1cccc(CNC(=O)Cc2c(C)c3c(cc(C)c4c(C(C)(C)C)coc43)oc2=O)c1. The van der Waals surface area contributed by atoms with Crippen molar-refractivity contribution in [3.63, 3.8) is 0 Å². The highest BCUT2D eigenvalue weighted by Crippen LogP contribution is 2.38. The molecule has 2 aromatic carbocycles. The molecule has 6 nitrogen and oxygen atoms in total. The molecule has 4 rings (SSSR count). The maximum Gasteiger partial charge on any atom is 0.340 e. The van der Waals surface area contributed by atoms with E-state index in [1.165, 1.54) is 0 Å². The van der Waals surface area contributed by atoms with E-state index in [0.717, 1.165) is 33.2 Å². The standard InChI is InChI=1S/C27H29NO5/c1-15-10-21-24(25-23(15)20(14-32-25)27(3,4)5)16(2)19(26(30)33-21)12-22(29)28-13-17-8-7-9-18(11-17)31-6/h7-11,14H,12-13H2,1-6H3,(H,28,29). The second-order valence-electron chi connectivity index (χ2n) is 9.47. The van der Waals surface area contributed by atoms with Gasteiger partial charge in [-0.25, -0.2) is 4.79 Å². The van der Waals surface area contributed by atoms with Gasteiger partial charge in [-0.3, -0.25) is 4.79 Å². The number of aryl methyl sites for hydroxylation is 2. The molecular formula is C27H29NO5. The van der Waals surface area contributed by atoms with Gasteiger partial charge in [0.15, 0.2) is 0 Å². The summed E-state index contributed by atoms with van der Waals surface area (Å²) >= 11 is 0. The normalized spacial score (nSPS) is 11.8. The molecule has 33 heavy (non-hydrogen) atoms. The Hall–Kier alpha value is -3.54. The Bertz CT molecular complexity index is 1420. The number of furan rings is 1. The number of hydrogen-bond donors (Lipinski definition) is 1. The van der Waals surface area contributed by atoms with Crippen LogP contribution in [0.25, 0.3) is 21.9 Å². The summed E-state index contributed by atoms with van der Waals surface area (Å²) < 4.78 is 16.9. The smallest absolute Gasteiger partial charge is 0.340 e. The molecule has 0 aliphatic heterocycles. The van der Waals surface area contributed by atoms with Gasteiger partial charge in [0.1, 0.15) is 16.9 Å². The Morgan fingerprint density at radius 2 is 1.88 bits per heavy atom. The third kappa shape index (κ3) is 4.25. The fourth-order valence-corrected chi connectivity index (χ4v) is 4.25. The number of rotatable bonds is 5. The zero-order chi connectivity index (χ0) is 23.9. The van der Waals surface area contributed by atoms with Crippen LogP contribution in [0.4, 0.5) is 0 Å². The highest BCUT2D eigenvalue weighted by molar-refractivity contribution is 6.07. The molecule has 6 heteroatoms. The number of amides is 1. The molecule has 2 aromatic heterocycles. The number of benzene rings is 2. The van der Waals surface area contributed by atoms with Crippen molar-refractivity contribution in [1.82, 2.24) is 5.32 Å². The second-order valence-corrected chi connectivity index (χ2v) is 9.47. The lowest BCUT2D eigenvalue weighted by atomic mass is 9.85. The van der Waals surface area contributed by atoms with Gasteiger partial charge < -0.3 is 18.9 Å². The van der Waals surface area contributed by atoms with Crippen molar-refractivity contribution in [2.75, 3.05) is 7.11 Å². The Kier molecular flexibility index (Phi) is 5.78. The van der Waals surface area contributed by atoms with Gasteiger partial charge in [0.05, 0.1) is 30.7 Å². The van der Waals surface area contributed by atoms with E-state index in [9.17, 15) is 9.59 Å². The van der Waals surface area contributed by atoms with E-state index >= 15 is 0 Å². The van der Waals surface area contributed by atoms with Gasteiger partial charge in [-0.1, -0.05) is 32.9 Å². The van der Waals surface area contributed by atoms with Crippen molar-refractivity contribution in [2.24, 2.45) is 0 Å². The minimum absolute atomic E-state index is 0.0731. The third-order valence-corrected chi connectivity index (χ3v) is 6.05. The quantitative estimate of drug-likeness (QED) is 0.419. The van der Waals surface area contributed by atoms with E-state index in [4.69, 9.17) is 13.6 Å². The molecule has 0 bridgehead atoms. The van der Waals surface area contributed by atoms with Crippen molar-refractivity contribution < 1.29 is 18.4 Å². The van der Waals surface area contributed by atoms with Crippen LogP contribution in [0, 0.1) is 13.8 Å². The second kappa shape index (κ2) is 8.43. The van der Waals surface area contributed by atoms with Crippen LogP contribution in [0.5, 0.6) is 5.75 Å². The molecular weight excluding hydrogens is 418 g/mol. The first-order chi connectivity index (χ1) is 15.6. The fraction of sp³-hybridized carbons (Fsp3) is 0.333. The van der Waals surface area contributed by atoms with E-state index in [1.54, 1.807) is 13.4 Å². The third-order valence-electron chi connectivity index (χ3n) is 6.05. The van der Waals surface area contributed by atoms with Gasteiger partial charge in [0, 0.05) is 17.5 Å². The molecule has 4 aromatic rings. The van der Waals surface area contributed by atoms with Gasteiger partial charge in [0.2, 0.25) is 5.91 Å². The first-order valence-corrected chi connectivity index (χ1v) is 11.0. The number of nitrogens with one attached hydrogen (secondary N) is 1. The summed E-state index contributed by atoms with van der Waals surface area (Å²) in [6.07, 6.45) is 1.71. The summed E-state index contributed by atoms with van der Waals surface area (Å²) in [4.78, 5) is 25.5. The van der Waals surface area contributed by atoms with Crippen LogP contribution in [0.2, 0.25) is 0 Å². The molecule has 2 heterocycles. The van der Waals surface area contributed by atoms with E-state index in [-0.39, 0.29) is 17.7 Å². The van der Waals surface area contributed by atoms with Crippen LogP contribution in [0.3, 0.4) is 0 Å². The lowest BCUT2D eigenvalue weighted by Gasteiger charge is -2.17. The number of ether oxygens (including phenoxy) is 1. The van der Waals surface area contributed by atoms with Crippen LogP contribution in [-0.2, 0) is 23.2 Å². The highest BCUT2D eigenvalue weighted by Gasteiger charge is 2.25. The lowest BCUT2D eigenvalue weighted by molar-refractivity contribution is -0.120. The Morgan fingerprint density at radius 1 is 1.12 bits per heavy atom. The zero-order valence-corrected chi connectivity index (χ0v) is 19.9. The molecule has 0 aliphatic rings. The molecule has 0 radical (unpaired) electrons. The Labute approximate surface area is 192 Å². The minimum Gasteiger partial charge on any atom is -0.497 e. The average Bonchev–Trinajstić information content (AvgIpc) is 3.21. The predicted molar refractivity (Wildman–Crippen MR) is 129 cm³/mol. The summed E-state index contributed by atoms with van der Waals surface area (Å²) in [5, 5.41) is 4.64. The first-order valence-electron chi connectivity index (χ1n) is 11.0. The molecule has 0 fully saturated rings. The Balaban J connectivity index is 1.70. The first kappa shape index (κ1) is 22.6. The van der Waals surface area contributed by atoms with Crippen LogP contribution in [0.1, 0.15) is 48.6 Å². The molecule has 1 amide bonds. The molecule has 0 unspecified atom stereocenters. The van der Waals surface area contributed by atoms with Gasteiger partial charge in [-0.2, -0.15) is 0 Å². The van der Waals surface area contributed by atoms with Crippen molar-refractivity contribution in [3.05, 3.63) is 74.8 Å². The van der Waals surface area contributed by atoms with Gasteiger partial charge in [0.25, 0.3) is 0 Å². The molecule has 1 N–H and O–H groups in total. The minimum atomic E-state index is -0.502. The summed E-state index contributed by atoms with van der Waals surface area (Å²) in [5.74, 6) is 0.464. The number of carbonyl (C=O) groups is 1. The number of fused-ring (bicyclic) bond motifs is 3. The van der Waals surface area contributed by atoms with Crippen LogP contribution >= 0.6 is 0 Å². The number of methoxy groups -OCH3 is 1. The topological polar surface area (TPSA) is 81.7 Å². The molecule has 0 aliphatic carbocycles. The van der Waals surface area contributed by atoms with Crippen LogP contribution < -0.4 is 15.7 Å². The Morgan fingerprint density at radius 3 is 2.58 bits per heavy atom. The van der Waals surface area contributed by atoms with Crippen molar-refractivity contribution >= 4 is 27.8 Å². The summed E-state index contributed by atoms with van der Waals surface area (Å²) in [6.45, 7) is 10.6. The summed E-state index contributed by atoms with van der Waals surface area (Å²) in [6, 6.07) is 9.35. The van der Waals surface area contributed by atoms with E-state index in [0.29, 0.717) is 28.8 Å². The molecule has 0 saturated heterocycles. The summed E-state index contributed by atoms with van der Waals surface area (Å²) in [5.41, 5.74) is 4.60. The monoisotopic (exact) mass is 447 g/mol. The maximum absolute atomic E-state index is 12.8. The van der Waals surface area contributed by atoms with Crippen LogP contribution in [0.15, 0.2) is 50.2 Å². The largest absolute Gasteiger partial charge is 0.497 e. The number of carbonyl (C=O) groups excluding carboxylic acids is 1. The molecule has 0 spiro atoms. The fourth-order valence-electron chi connectivity index (χ4n) is 4.25. The van der Waals surface area contributed by atoms with Crippen LogP contribution in [-0.4, -0.2) is 13.0 Å². The van der Waals surface area contributed by atoms with Crippen molar-refractivity contribution in [2.45, 2.75) is 53.0 Å². The van der Waals surface area contributed by atoms with Gasteiger partial charge in [-0.15, -0.1) is 0 Å². The van der Waals surface area contributed by atoms with Gasteiger partial charge in [-0.05, 0) is 54.2 Å². The predicted octanol–water partition coefficient (Wildman–Crippen LogP) is 5.32. The molecule has 0 atom stereocenters. The van der Waals surface area contributed by atoms with Gasteiger partial charge >= 0.3 is 5.63 Å². The zero-order valence-electron chi connectivity index (χ0n) is 19.9. The van der Waals surface area contributed by atoms with E-state index < -0.39 is 5.63 Å². The van der Waals surface area contributed by atoms with E-state index in [2.05, 4.69) is 26.1 Å². The molecule has 0 saturated carbocycles. The average molecular weight is 448 g/mol.